The van der Waals surface area contributed by atoms with Crippen molar-refractivity contribution < 1.29 is 9.59 Å². The number of rotatable bonds is 4. The number of hydrogen-bond donors (Lipinski definition) is 3. The summed E-state index contributed by atoms with van der Waals surface area (Å²) in [5, 5.41) is 2.55. The summed E-state index contributed by atoms with van der Waals surface area (Å²) in [6, 6.07) is 1.59. The molecule has 0 saturated heterocycles. The Morgan fingerprint density at radius 2 is 2.00 bits per heavy atom. The molecule has 0 aliphatic carbocycles. The third-order valence-corrected chi connectivity index (χ3v) is 2.40. The summed E-state index contributed by atoms with van der Waals surface area (Å²) in [6.07, 6.45) is 2.87. The van der Waals surface area contributed by atoms with E-state index in [9.17, 15) is 9.59 Å². The fourth-order valence-corrected chi connectivity index (χ4v) is 1.39. The first kappa shape index (κ1) is 15.4. The number of carbonyl (C=O) groups is 2. The molecule has 0 atom stereocenters. The second kappa shape index (κ2) is 6.46. The van der Waals surface area contributed by atoms with Crippen LogP contribution in [0.2, 0.25) is 0 Å². The predicted octanol–water partition coefficient (Wildman–Crippen LogP) is 0.769. The van der Waals surface area contributed by atoms with Gasteiger partial charge in [0.2, 0.25) is 5.91 Å². The molecule has 0 fully saturated rings. The van der Waals surface area contributed by atoms with Crippen LogP contribution in [0.25, 0.3) is 0 Å². The minimum Gasteiger partial charge on any atom is -0.402 e. The van der Waals surface area contributed by atoms with Gasteiger partial charge in [0.15, 0.2) is 0 Å². The van der Waals surface area contributed by atoms with Gasteiger partial charge in [-0.05, 0) is 19.4 Å². The lowest BCUT2D eigenvalue weighted by molar-refractivity contribution is -0.115. The average molecular weight is 275 g/mol. The lowest BCUT2D eigenvalue weighted by atomic mass is 10.2. The summed E-state index contributed by atoms with van der Waals surface area (Å²) in [4.78, 5) is 30.4. The van der Waals surface area contributed by atoms with Gasteiger partial charge in [0, 0.05) is 31.1 Å². The zero-order chi connectivity index (χ0) is 15.3. The molecule has 1 rings (SSSR count). The number of allylic oxidation sites excluding steroid dienone is 1. The number of amides is 2. The van der Waals surface area contributed by atoms with E-state index in [-0.39, 0.29) is 17.2 Å². The van der Waals surface area contributed by atoms with Crippen LogP contribution in [0.3, 0.4) is 0 Å². The van der Waals surface area contributed by atoms with Crippen LogP contribution in [0.15, 0.2) is 28.5 Å². The molecule has 0 aliphatic heterocycles. The first-order chi connectivity index (χ1) is 9.31. The smallest absolute Gasteiger partial charge is 0.252 e. The van der Waals surface area contributed by atoms with Crippen molar-refractivity contribution in [2.45, 2.75) is 20.8 Å². The monoisotopic (exact) mass is 275 g/mol. The van der Waals surface area contributed by atoms with E-state index in [2.05, 4.69) is 15.3 Å². The minimum atomic E-state index is -0.650. The van der Waals surface area contributed by atoms with Gasteiger partial charge in [0.1, 0.15) is 5.82 Å². The Kier molecular flexibility index (Phi) is 4.96. The summed E-state index contributed by atoms with van der Waals surface area (Å²) < 4.78 is 0. The predicted molar refractivity (Wildman–Crippen MR) is 77.5 cm³/mol. The van der Waals surface area contributed by atoms with Crippen LogP contribution in [0.5, 0.6) is 0 Å². The van der Waals surface area contributed by atoms with Crippen molar-refractivity contribution in [3.8, 4) is 0 Å². The highest BCUT2D eigenvalue weighted by atomic mass is 16.1. The number of carbonyl (C=O) groups excluding carboxylic acids is 2. The van der Waals surface area contributed by atoms with Gasteiger partial charge in [-0.25, -0.2) is 4.98 Å². The van der Waals surface area contributed by atoms with Crippen molar-refractivity contribution >= 4 is 29.5 Å². The van der Waals surface area contributed by atoms with E-state index in [4.69, 9.17) is 11.5 Å². The van der Waals surface area contributed by atoms with Gasteiger partial charge in [0.25, 0.3) is 5.91 Å². The van der Waals surface area contributed by atoms with Crippen LogP contribution < -0.4 is 16.8 Å². The van der Waals surface area contributed by atoms with E-state index < -0.39 is 5.91 Å². The van der Waals surface area contributed by atoms with Gasteiger partial charge in [-0.15, -0.1) is 0 Å². The molecule has 0 radical (unpaired) electrons. The highest BCUT2D eigenvalue weighted by Gasteiger charge is 2.06. The molecule has 7 nitrogen and oxygen atoms in total. The molecule has 106 valence electrons. The van der Waals surface area contributed by atoms with E-state index in [0.29, 0.717) is 11.5 Å². The maximum absolute atomic E-state index is 11.2. The number of aliphatic imine (C=N–C) groups is 1. The van der Waals surface area contributed by atoms with E-state index in [1.807, 2.05) is 0 Å². The van der Waals surface area contributed by atoms with Crippen molar-refractivity contribution in [2.75, 3.05) is 5.32 Å². The first-order valence-corrected chi connectivity index (χ1v) is 5.85. The summed E-state index contributed by atoms with van der Waals surface area (Å²) in [5.41, 5.74) is 12.5. The SMILES string of the molecule is CC(=O)Nc1cc(N=C/C(C(N)=O)=C(/C)N)c(C)cn1. The van der Waals surface area contributed by atoms with Crippen LogP contribution >= 0.6 is 0 Å². The second-order valence-corrected chi connectivity index (χ2v) is 4.26. The molecule has 20 heavy (non-hydrogen) atoms. The number of aromatic nitrogens is 1. The first-order valence-electron chi connectivity index (χ1n) is 5.85. The van der Waals surface area contributed by atoms with Crippen LogP contribution in [0.4, 0.5) is 11.5 Å². The molecule has 1 aromatic rings. The van der Waals surface area contributed by atoms with Crippen molar-refractivity contribution in [1.29, 1.82) is 0 Å². The zero-order valence-electron chi connectivity index (χ0n) is 11.6. The largest absolute Gasteiger partial charge is 0.402 e. The molecule has 2 amide bonds. The summed E-state index contributed by atoms with van der Waals surface area (Å²) >= 11 is 0. The van der Waals surface area contributed by atoms with E-state index in [1.165, 1.54) is 13.1 Å². The molecule has 1 aromatic heterocycles. The fourth-order valence-electron chi connectivity index (χ4n) is 1.39. The van der Waals surface area contributed by atoms with Crippen LogP contribution in [0.1, 0.15) is 19.4 Å². The molecular weight excluding hydrogens is 258 g/mol. The Bertz CT molecular complexity index is 601. The van der Waals surface area contributed by atoms with Crippen LogP contribution in [0, 0.1) is 6.92 Å². The molecule has 5 N–H and O–H groups in total. The second-order valence-electron chi connectivity index (χ2n) is 4.26. The Balaban J connectivity index is 3.11. The number of hydrogen-bond acceptors (Lipinski definition) is 5. The number of pyridine rings is 1. The lowest BCUT2D eigenvalue weighted by Crippen LogP contribution is -2.18. The Morgan fingerprint density at radius 3 is 2.50 bits per heavy atom. The normalized spacial score (nSPS) is 12.2. The van der Waals surface area contributed by atoms with Gasteiger partial charge < -0.3 is 16.8 Å². The molecule has 0 aliphatic rings. The van der Waals surface area contributed by atoms with E-state index >= 15 is 0 Å². The van der Waals surface area contributed by atoms with Gasteiger partial charge in [0.05, 0.1) is 11.3 Å². The molecular formula is C13H17N5O2. The van der Waals surface area contributed by atoms with Gasteiger partial charge >= 0.3 is 0 Å². The molecule has 0 spiro atoms. The minimum absolute atomic E-state index is 0.141. The van der Waals surface area contributed by atoms with E-state index in [0.717, 1.165) is 5.56 Å². The number of nitrogens with two attached hydrogens (primary N) is 2. The highest BCUT2D eigenvalue weighted by molar-refractivity contribution is 6.12. The standard InChI is InChI=1S/C13H17N5O2/c1-7-5-17-12(18-9(3)19)4-11(7)16-6-10(8(2)14)13(15)20/h4-6H,14H2,1-3H3,(H2,15,20)(H,17,18,19)/b10-8+,16-6?. The molecule has 0 unspecified atom stereocenters. The number of aryl methyl sites for hydroxylation is 1. The van der Waals surface area contributed by atoms with Gasteiger partial charge in [-0.1, -0.05) is 0 Å². The van der Waals surface area contributed by atoms with Gasteiger partial charge in [-0.2, -0.15) is 0 Å². The topological polar surface area (TPSA) is 123 Å². The van der Waals surface area contributed by atoms with Crippen molar-refractivity contribution in [3.05, 3.63) is 29.1 Å². The Morgan fingerprint density at radius 1 is 1.35 bits per heavy atom. The van der Waals surface area contributed by atoms with Crippen molar-refractivity contribution in [1.82, 2.24) is 4.98 Å². The quantitative estimate of drug-likeness (QED) is 0.554. The summed E-state index contributed by atoms with van der Waals surface area (Å²) in [6.45, 7) is 4.75. The maximum atomic E-state index is 11.2. The molecule has 7 heteroatoms. The van der Waals surface area contributed by atoms with E-state index in [1.54, 1.807) is 26.1 Å². The molecule has 0 saturated carbocycles. The molecule has 1 heterocycles. The summed E-state index contributed by atoms with van der Waals surface area (Å²) in [7, 11) is 0. The van der Waals surface area contributed by atoms with Crippen LogP contribution in [-0.2, 0) is 9.59 Å². The number of primary amides is 1. The third kappa shape index (κ3) is 4.20. The highest BCUT2D eigenvalue weighted by Crippen LogP contribution is 2.20. The maximum Gasteiger partial charge on any atom is 0.252 e. The summed E-state index contributed by atoms with van der Waals surface area (Å²) in [5.74, 6) is -0.501. The third-order valence-electron chi connectivity index (χ3n) is 2.40. The average Bonchev–Trinajstić information content (AvgIpc) is 2.31. The lowest BCUT2D eigenvalue weighted by Gasteiger charge is -2.05. The Labute approximate surface area is 116 Å². The zero-order valence-corrected chi connectivity index (χ0v) is 11.6. The van der Waals surface area contributed by atoms with Crippen molar-refractivity contribution in [3.63, 3.8) is 0 Å². The fraction of sp³-hybridized carbons (Fsp3) is 0.231. The van der Waals surface area contributed by atoms with Gasteiger partial charge in [-0.3, -0.25) is 14.6 Å². The number of anilines is 1. The number of nitrogens with one attached hydrogen (secondary N) is 1. The van der Waals surface area contributed by atoms with Crippen LogP contribution in [-0.4, -0.2) is 23.0 Å². The van der Waals surface area contributed by atoms with Crippen molar-refractivity contribution in [2.24, 2.45) is 16.5 Å². The molecule has 0 aromatic carbocycles. The number of nitrogens with zero attached hydrogens (tertiary/aromatic N) is 2. The Hall–Kier alpha value is -2.70. The molecule has 0 bridgehead atoms.